The van der Waals surface area contributed by atoms with Crippen molar-refractivity contribution in [3.05, 3.63) is 42.9 Å². The van der Waals surface area contributed by atoms with Gasteiger partial charge >= 0.3 is 5.97 Å². The lowest BCUT2D eigenvalue weighted by molar-refractivity contribution is -0.136. The minimum Gasteiger partial charge on any atom is -0.486 e. The van der Waals surface area contributed by atoms with Crippen LogP contribution in [0.25, 0.3) is 5.65 Å². The van der Waals surface area contributed by atoms with Crippen LogP contribution in [0.5, 0.6) is 5.75 Å². The monoisotopic (exact) mass is 232 g/mol. The molecule has 0 spiro atoms. The molecule has 0 saturated carbocycles. The highest BCUT2D eigenvalue weighted by atomic mass is 16.5. The Morgan fingerprint density at radius 2 is 2.47 bits per heavy atom. The van der Waals surface area contributed by atoms with Gasteiger partial charge in [-0.1, -0.05) is 12.7 Å². The average molecular weight is 232 g/mol. The third kappa shape index (κ3) is 2.44. The number of rotatable bonds is 5. The van der Waals surface area contributed by atoms with E-state index in [1.165, 1.54) is 0 Å². The van der Waals surface area contributed by atoms with Gasteiger partial charge in [-0.15, -0.1) is 0 Å². The lowest BCUT2D eigenvalue weighted by Crippen LogP contribution is -1.99. The van der Waals surface area contributed by atoms with E-state index in [4.69, 9.17) is 9.84 Å². The van der Waals surface area contributed by atoms with Crippen molar-refractivity contribution in [3.8, 4) is 5.75 Å². The molecule has 0 fully saturated rings. The van der Waals surface area contributed by atoms with E-state index in [2.05, 4.69) is 11.6 Å². The van der Waals surface area contributed by atoms with E-state index < -0.39 is 5.97 Å². The Kier molecular flexibility index (Phi) is 3.09. The van der Waals surface area contributed by atoms with E-state index in [-0.39, 0.29) is 6.42 Å². The zero-order valence-corrected chi connectivity index (χ0v) is 9.17. The van der Waals surface area contributed by atoms with Crippen LogP contribution in [0.15, 0.2) is 37.2 Å². The largest absolute Gasteiger partial charge is 0.486 e. The summed E-state index contributed by atoms with van der Waals surface area (Å²) in [5.41, 5.74) is 1.12. The number of fused-ring (bicyclic) bond motifs is 1. The van der Waals surface area contributed by atoms with Crippen molar-refractivity contribution >= 4 is 11.6 Å². The summed E-state index contributed by atoms with van der Waals surface area (Å²) in [4.78, 5) is 14.8. The molecule has 5 heteroatoms. The molecular formula is C12H12N2O3. The highest BCUT2D eigenvalue weighted by Gasteiger charge is 2.09. The van der Waals surface area contributed by atoms with Crippen molar-refractivity contribution in [2.24, 2.45) is 0 Å². The Morgan fingerprint density at radius 1 is 1.65 bits per heavy atom. The third-order valence-corrected chi connectivity index (χ3v) is 2.19. The van der Waals surface area contributed by atoms with Gasteiger partial charge in [0.15, 0.2) is 11.4 Å². The van der Waals surface area contributed by atoms with Crippen LogP contribution in [0.4, 0.5) is 0 Å². The van der Waals surface area contributed by atoms with E-state index in [1.54, 1.807) is 28.9 Å². The summed E-state index contributed by atoms with van der Waals surface area (Å²) in [5.74, 6) is -0.286. The van der Waals surface area contributed by atoms with Gasteiger partial charge in [0.1, 0.15) is 6.61 Å². The highest BCUT2D eigenvalue weighted by molar-refractivity contribution is 5.70. The number of imidazole rings is 1. The number of aliphatic carboxylic acids is 1. The summed E-state index contributed by atoms with van der Waals surface area (Å²) < 4.78 is 7.18. The average Bonchev–Trinajstić information content (AvgIpc) is 2.67. The minimum absolute atomic E-state index is 0.0947. The zero-order chi connectivity index (χ0) is 12.3. The fraction of sp³-hybridized carbons (Fsp3) is 0.167. The second-order valence-electron chi connectivity index (χ2n) is 3.51. The molecule has 0 aromatic carbocycles. The van der Waals surface area contributed by atoms with Crippen molar-refractivity contribution in [2.45, 2.75) is 6.42 Å². The van der Waals surface area contributed by atoms with E-state index in [9.17, 15) is 4.79 Å². The number of hydrogen-bond donors (Lipinski definition) is 1. The predicted molar refractivity (Wildman–Crippen MR) is 62.2 cm³/mol. The fourth-order valence-electron chi connectivity index (χ4n) is 1.54. The number of aromatic nitrogens is 2. The van der Waals surface area contributed by atoms with Gasteiger partial charge in [0, 0.05) is 12.4 Å². The minimum atomic E-state index is -0.901. The molecule has 0 unspecified atom stereocenters. The molecule has 17 heavy (non-hydrogen) atoms. The molecule has 0 saturated heterocycles. The molecular weight excluding hydrogens is 220 g/mol. The molecule has 0 radical (unpaired) electrons. The van der Waals surface area contributed by atoms with Crippen molar-refractivity contribution < 1.29 is 14.6 Å². The summed E-state index contributed by atoms with van der Waals surface area (Å²) in [6.07, 6.45) is 5.03. The van der Waals surface area contributed by atoms with Crippen LogP contribution in [0.1, 0.15) is 5.69 Å². The van der Waals surface area contributed by atoms with Gasteiger partial charge < -0.3 is 14.2 Å². The van der Waals surface area contributed by atoms with E-state index in [0.717, 1.165) is 0 Å². The summed E-state index contributed by atoms with van der Waals surface area (Å²) in [6, 6.07) is 3.61. The summed E-state index contributed by atoms with van der Waals surface area (Å²) in [7, 11) is 0. The smallest absolute Gasteiger partial charge is 0.309 e. The number of pyridine rings is 1. The van der Waals surface area contributed by atoms with Crippen LogP contribution in [-0.4, -0.2) is 27.1 Å². The maximum Gasteiger partial charge on any atom is 0.309 e. The maximum atomic E-state index is 10.6. The second-order valence-corrected chi connectivity index (χ2v) is 3.51. The molecule has 0 aliphatic rings. The van der Waals surface area contributed by atoms with Gasteiger partial charge in [0.05, 0.1) is 12.1 Å². The standard InChI is InChI=1S/C12H12N2O3/c1-2-6-17-10-4-3-5-14-8-9(7-11(15)16)13-12(10)14/h2-5,8H,1,6-7H2,(H,15,16). The lowest BCUT2D eigenvalue weighted by atomic mass is 10.3. The molecule has 2 aromatic rings. The van der Waals surface area contributed by atoms with E-state index in [0.29, 0.717) is 23.7 Å². The molecule has 0 aliphatic heterocycles. The Morgan fingerprint density at radius 3 is 3.18 bits per heavy atom. The first-order chi connectivity index (χ1) is 8.20. The van der Waals surface area contributed by atoms with Crippen LogP contribution in [0.2, 0.25) is 0 Å². The molecule has 2 rings (SSSR count). The zero-order valence-electron chi connectivity index (χ0n) is 9.17. The molecule has 2 aromatic heterocycles. The SMILES string of the molecule is C=CCOc1cccn2cc(CC(=O)O)nc12. The van der Waals surface area contributed by atoms with E-state index >= 15 is 0 Å². The maximum absolute atomic E-state index is 10.6. The molecule has 88 valence electrons. The highest BCUT2D eigenvalue weighted by Crippen LogP contribution is 2.19. The number of ether oxygens (including phenoxy) is 1. The van der Waals surface area contributed by atoms with Gasteiger partial charge in [0.25, 0.3) is 0 Å². The number of carboxylic acid groups (broad SMARTS) is 1. The summed E-state index contributed by atoms with van der Waals surface area (Å²) >= 11 is 0. The Bertz CT molecular complexity index is 560. The van der Waals surface area contributed by atoms with Gasteiger partial charge in [-0.3, -0.25) is 4.79 Å². The van der Waals surface area contributed by atoms with Crippen LogP contribution < -0.4 is 4.74 Å². The normalized spacial score (nSPS) is 10.4. The van der Waals surface area contributed by atoms with Crippen molar-refractivity contribution in [1.82, 2.24) is 9.38 Å². The number of carbonyl (C=O) groups is 1. The second kappa shape index (κ2) is 4.69. The number of hydrogen-bond acceptors (Lipinski definition) is 3. The number of nitrogens with zero attached hydrogens (tertiary/aromatic N) is 2. The van der Waals surface area contributed by atoms with Crippen LogP contribution >= 0.6 is 0 Å². The molecule has 5 nitrogen and oxygen atoms in total. The quantitative estimate of drug-likeness (QED) is 0.794. The Labute approximate surface area is 98.0 Å². The predicted octanol–water partition coefficient (Wildman–Crippen LogP) is 1.53. The van der Waals surface area contributed by atoms with Crippen LogP contribution in [0, 0.1) is 0 Å². The van der Waals surface area contributed by atoms with Gasteiger partial charge in [0.2, 0.25) is 0 Å². The third-order valence-electron chi connectivity index (χ3n) is 2.19. The lowest BCUT2D eigenvalue weighted by Gasteiger charge is -2.03. The van der Waals surface area contributed by atoms with Crippen LogP contribution in [0.3, 0.4) is 0 Å². The topological polar surface area (TPSA) is 63.8 Å². The summed E-state index contributed by atoms with van der Waals surface area (Å²) in [6.45, 7) is 3.96. The fourth-order valence-corrected chi connectivity index (χ4v) is 1.54. The molecule has 0 aliphatic carbocycles. The van der Waals surface area contributed by atoms with Crippen molar-refractivity contribution in [2.75, 3.05) is 6.61 Å². The van der Waals surface area contributed by atoms with Crippen molar-refractivity contribution in [3.63, 3.8) is 0 Å². The Hall–Kier alpha value is -2.30. The molecule has 0 bridgehead atoms. The van der Waals surface area contributed by atoms with Crippen LogP contribution in [-0.2, 0) is 11.2 Å². The van der Waals surface area contributed by atoms with Gasteiger partial charge in [-0.2, -0.15) is 0 Å². The van der Waals surface area contributed by atoms with E-state index in [1.807, 2.05) is 6.07 Å². The molecule has 0 atom stereocenters. The molecule has 0 amide bonds. The number of carboxylic acids is 1. The first-order valence-electron chi connectivity index (χ1n) is 5.13. The summed E-state index contributed by atoms with van der Waals surface area (Å²) in [5, 5.41) is 8.71. The first-order valence-corrected chi connectivity index (χ1v) is 5.13. The van der Waals surface area contributed by atoms with Crippen molar-refractivity contribution in [1.29, 1.82) is 0 Å². The molecule has 1 N–H and O–H groups in total. The van der Waals surface area contributed by atoms with Gasteiger partial charge in [-0.05, 0) is 12.1 Å². The Balaban J connectivity index is 2.37. The van der Waals surface area contributed by atoms with Gasteiger partial charge in [-0.25, -0.2) is 4.98 Å². The first kappa shape index (κ1) is 11.2. The molecule has 2 heterocycles.